The maximum absolute atomic E-state index is 11.0. The van der Waals surface area contributed by atoms with E-state index in [-0.39, 0.29) is 18.6 Å². The molecule has 0 heterocycles. The van der Waals surface area contributed by atoms with Crippen molar-refractivity contribution in [2.45, 2.75) is 38.4 Å². The molecule has 1 aliphatic rings. The first-order valence-electron chi connectivity index (χ1n) is 7.25. The van der Waals surface area contributed by atoms with Crippen LogP contribution in [0.25, 0.3) is 0 Å². The minimum Gasteiger partial charge on any atom is -0.489 e. The van der Waals surface area contributed by atoms with Gasteiger partial charge in [-0.25, -0.2) is 0 Å². The summed E-state index contributed by atoms with van der Waals surface area (Å²) in [5.41, 5.74) is 0.607. The Morgan fingerprint density at radius 1 is 1.41 bits per heavy atom. The molecule has 1 aliphatic carbocycles. The highest BCUT2D eigenvalue weighted by Gasteiger charge is 2.22. The summed E-state index contributed by atoms with van der Waals surface area (Å²) in [6, 6.07) is 5.13. The van der Waals surface area contributed by atoms with Crippen molar-refractivity contribution in [2.75, 3.05) is 12.9 Å². The second-order valence-corrected chi connectivity index (χ2v) is 7.82. The summed E-state index contributed by atoms with van der Waals surface area (Å²) in [5, 5.41) is 10.7. The molecule has 0 spiro atoms. The van der Waals surface area contributed by atoms with Gasteiger partial charge in [-0.15, -0.1) is 0 Å². The first-order valence-corrected chi connectivity index (χ1v) is 9.44. The maximum Gasteiger partial charge on any atom is 0.264 e. The second-order valence-electron chi connectivity index (χ2n) is 5.77. The predicted molar refractivity (Wildman–Crippen MR) is 84.6 cm³/mol. The summed E-state index contributed by atoms with van der Waals surface area (Å²) in [4.78, 5) is 0. The SMILES string of the molecule is C[C@H](COS(C)(=O)=O)[C@H](O)c1ccc(OC2CCC2)c(Cl)c1. The Hall–Kier alpha value is -0.820. The monoisotopic (exact) mass is 348 g/mol. The molecule has 2 atom stereocenters. The average molecular weight is 349 g/mol. The number of aliphatic hydroxyl groups is 1. The number of hydrogen-bond donors (Lipinski definition) is 1. The lowest BCUT2D eigenvalue weighted by atomic mass is 9.96. The summed E-state index contributed by atoms with van der Waals surface area (Å²) < 4.78 is 32.4. The molecule has 5 nitrogen and oxygen atoms in total. The van der Waals surface area contributed by atoms with Gasteiger partial charge in [0.25, 0.3) is 10.1 Å². The number of ether oxygens (including phenoxy) is 1. The molecule has 0 aromatic heterocycles. The number of benzene rings is 1. The minimum absolute atomic E-state index is 0.0854. The van der Waals surface area contributed by atoms with Crippen molar-refractivity contribution in [1.82, 2.24) is 0 Å². The highest BCUT2D eigenvalue weighted by molar-refractivity contribution is 7.85. The van der Waals surface area contributed by atoms with Gasteiger partial charge in [-0.05, 0) is 37.0 Å². The predicted octanol–water partition coefficient (Wildman–Crippen LogP) is 2.92. The number of hydrogen-bond acceptors (Lipinski definition) is 5. The molecule has 1 fully saturated rings. The van der Waals surface area contributed by atoms with Gasteiger partial charge in [-0.2, -0.15) is 8.42 Å². The van der Waals surface area contributed by atoms with E-state index in [0.29, 0.717) is 16.3 Å². The van der Waals surface area contributed by atoms with Crippen molar-refractivity contribution < 1.29 is 22.4 Å². The van der Waals surface area contributed by atoms with E-state index in [2.05, 4.69) is 0 Å². The van der Waals surface area contributed by atoms with Gasteiger partial charge in [0.2, 0.25) is 0 Å². The zero-order chi connectivity index (χ0) is 16.3. The smallest absolute Gasteiger partial charge is 0.264 e. The third-order valence-electron chi connectivity index (χ3n) is 3.73. The largest absolute Gasteiger partial charge is 0.489 e. The van der Waals surface area contributed by atoms with Gasteiger partial charge >= 0.3 is 0 Å². The topological polar surface area (TPSA) is 72.8 Å². The quantitative estimate of drug-likeness (QED) is 0.767. The van der Waals surface area contributed by atoms with Crippen LogP contribution < -0.4 is 4.74 Å². The zero-order valence-corrected chi connectivity index (χ0v) is 14.2. The Morgan fingerprint density at radius 3 is 2.59 bits per heavy atom. The van der Waals surface area contributed by atoms with E-state index in [0.717, 1.165) is 19.1 Å². The van der Waals surface area contributed by atoms with Gasteiger partial charge in [0.1, 0.15) is 5.75 Å². The van der Waals surface area contributed by atoms with E-state index in [1.807, 2.05) is 0 Å². The summed E-state index contributed by atoms with van der Waals surface area (Å²) in [6.45, 7) is 1.63. The fourth-order valence-electron chi connectivity index (χ4n) is 2.12. The molecule has 1 N–H and O–H groups in total. The van der Waals surface area contributed by atoms with Crippen molar-refractivity contribution in [3.8, 4) is 5.75 Å². The lowest BCUT2D eigenvalue weighted by Crippen LogP contribution is -2.24. The fraction of sp³-hybridized carbons (Fsp3) is 0.600. The van der Waals surface area contributed by atoms with Crippen LogP contribution in [-0.2, 0) is 14.3 Å². The van der Waals surface area contributed by atoms with Crippen molar-refractivity contribution in [3.63, 3.8) is 0 Å². The average Bonchev–Trinajstić information content (AvgIpc) is 2.39. The number of halogens is 1. The van der Waals surface area contributed by atoms with Crippen LogP contribution in [0.15, 0.2) is 18.2 Å². The molecule has 1 aromatic rings. The van der Waals surface area contributed by atoms with Crippen LogP contribution >= 0.6 is 11.6 Å². The molecule has 0 amide bonds. The zero-order valence-electron chi connectivity index (χ0n) is 12.7. The standard InChI is InChI=1S/C15H21ClO5S/c1-10(9-20-22(2,18)19)15(17)11-6-7-14(13(16)8-11)21-12-4-3-5-12/h6-8,10,12,15,17H,3-5,9H2,1-2H3/t10-,15+/m1/s1. The summed E-state index contributed by atoms with van der Waals surface area (Å²) in [5.74, 6) is 0.228. The van der Waals surface area contributed by atoms with Crippen LogP contribution in [0.3, 0.4) is 0 Å². The molecule has 0 aliphatic heterocycles. The highest BCUT2D eigenvalue weighted by Crippen LogP contribution is 2.33. The first kappa shape index (κ1) is 17.5. The molecule has 0 saturated heterocycles. The van der Waals surface area contributed by atoms with Crippen LogP contribution in [0.4, 0.5) is 0 Å². The molecule has 7 heteroatoms. The molecule has 1 saturated carbocycles. The van der Waals surface area contributed by atoms with Crippen molar-refractivity contribution >= 4 is 21.7 Å². The van der Waals surface area contributed by atoms with Gasteiger partial charge in [0.05, 0.1) is 30.1 Å². The summed E-state index contributed by atoms with van der Waals surface area (Å²) in [7, 11) is -3.52. The molecular formula is C15H21ClO5S. The van der Waals surface area contributed by atoms with Crippen molar-refractivity contribution in [3.05, 3.63) is 28.8 Å². The maximum atomic E-state index is 11.0. The lowest BCUT2D eigenvalue weighted by Gasteiger charge is -2.27. The van der Waals surface area contributed by atoms with Gasteiger partial charge in [0, 0.05) is 5.92 Å². The molecule has 0 unspecified atom stereocenters. The van der Waals surface area contributed by atoms with Crippen molar-refractivity contribution in [1.29, 1.82) is 0 Å². The molecule has 124 valence electrons. The van der Waals surface area contributed by atoms with Crippen LogP contribution in [0, 0.1) is 5.92 Å². The van der Waals surface area contributed by atoms with Crippen molar-refractivity contribution in [2.24, 2.45) is 5.92 Å². The molecule has 0 bridgehead atoms. The lowest BCUT2D eigenvalue weighted by molar-refractivity contribution is 0.0865. The molecule has 22 heavy (non-hydrogen) atoms. The van der Waals surface area contributed by atoms with E-state index in [4.69, 9.17) is 20.5 Å². The molecule has 1 aromatic carbocycles. The minimum atomic E-state index is -3.52. The normalized spacial score (nSPS) is 18.5. The van der Waals surface area contributed by atoms with E-state index < -0.39 is 16.2 Å². The molecular weight excluding hydrogens is 328 g/mol. The second kappa shape index (κ2) is 7.17. The summed E-state index contributed by atoms with van der Waals surface area (Å²) in [6.07, 6.45) is 3.61. The van der Waals surface area contributed by atoms with Crippen LogP contribution in [0.1, 0.15) is 37.9 Å². The van der Waals surface area contributed by atoms with Gasteiger partial charge in [-0.3, -0.25) is 4.18 Å². The third-order valence-corrected chi connectivity index (χ3v) is 4.59. The Kier molecular flexibility index (Phi) is 5.71. The van der Waals surface area contributed by atoms with E-state index in [1.54, 1.807) is 25.1 Å². The van der Waals surface area contributed by atoms with Gasteiger partial charge < -0.3 is 9.84 Å². The van der Waals surface area contributed by atoms with Crippen LogP contribution in [0.2, 0.25) is 5.02 Å². The Labute approximate surface area is 136 Å². The van der Waals surface area contributed by atoms with E-state index in [1.165, 1.54) is 6.42 Å². The molecule has 2 rings (SSSR count). The van der Waals surface area contributed by atoms with E-state index >= 15 is 0 Å². The Balaban J connectivity index is 1.99. The van der Waals surface area contributed by atoms with Gasteiger partial charge in [-0.1, -0.05) is 24.6 Å². The molecule has 0 radical (unpaired) electrons. The number of rotatable bonds is 7. The van der Waals surface area contributed by atoms with Crippen LogP contribution in [0.5, 0.6) is 5.75 Å². The Morgan fingerprint density at radius 2 is 2.09 bits per heavy atom. The first-order chi connectivity index (χ1) is 10.3. The third kappa shape index (κ3) is 4.84. The highest BCUT2D eigenvalue weighted by atomic mass is 35.5. The summed E-state index contributed by atoms with van der Waals surface area (Å²) >= 11 is 6.19. The number of aliphatic hydroxyl groups excluding tert-OH is 1. The van der Waals surface area contributed by atoms with E-state index in [9.17, 15) is 13.5 Å². The Bertz CT molecular complexity index is 612. The van der Waals surface area contributed by atoms with Gasteiger partial charge in [0.15, 0.2) is 0 Å². The van der Waals surface area contributed by atoms with Crippen LogP contribution in [-0.4, -0.2) is 32.5 Å². The fourth-order valence-corrected chi connectivity index (χ4v) is 2.81.